The first-order chi connectivity index (χ1) is 8.22. The Morgan fingerprint density at radius 1 is 1.12 bits per heavy atom. The van der Waals surface area contributed by atoms with Crippen molar-refractivity contribution in [1.29, 1.82) is 0 Å². The van der Waals surface area contributed by atoms with E-state index in [2.05, 4.69) is 15.9 Å². The van der Waals surface area contributed by atoms with E-state index >= 15 is 0 Å². The highest BCUT2D eigenvalue weighted by atomic mass is 79.9. The van der Waals surface area contributed by atoms with Gasteiger partial charge >= 0.3 is 0 Å². The fraction of sp³-hybridized carbons (Fsp3) is 0.0769. The van der Waals surface area contributed by atoms with E-state index in [4.69, 9.17) is 5.73 Å². The Morgan fingerprint density at radius 3 is 2.59 bits per heavy atom. The average Bonchev–Trinajstić information content (AvgIpc) is 2.34. The van der Waals surface area contributed by atoms with Crippen LogP contribution in [0.25, 0.3) is 0 Å². The van der Waals surface area contributed by atoms with Gasteiger partial charge in [0.15, 0.2) is 0 Å². The minimum atomic E-state index is -0.228. The Labute approximate surface area is 112 Å². The number of rotatable bonds is 3. The third-order valence-corrected chi connectivity index (χ3v) is 4.51. The van der Waals surface area contributed by atoms with Crippen molar-refractivity contribution in [3.63, 3.8) is 0 Å². The van der Waals surface area contributed by atoms with Crippen molar-refractivity contribution in [2.45, 2.75) is 16.3 Å². The normalized spacial score (nSPS) is 10.5. The molecule has 4 heteroatoms. The molecule has 0 aliphatic carbocycles. The monoisotopic (exact) mass is 311 g/mol. The molecule has 88 valence electrons. The molecule has 0 fully saturated rings. The number of nitrogens with two attached hydrogens (primary N) is 1. The van der Waals surface area contributed by atoms with Crippen molar-refractivity contribution in [1.82, 2.24) is 0 Å². The van der Waals surface area contributed by atoms with Gasteiger partial charge in [0.25, 0.3) is 0 Å². The fourth-order valence-corrected chi connectivity index (χ4v) is 2.97. The summed E-state index contributed by atoms with van der Waals surface area (Å²) in [5.74, 6) is -0.228. The molecule has 1 nitrogen and oxygen atoms in total. The van der Waals surface area contributed by atoms with Crippen LogP contribution in [0.1, 0.15) is 5.56 Å². The molecule has 2 N–H and O–H groups in total. The first-order valence-corrected chi connectivity index (χ1v) is 6.73. The van der Waals surface area contributed by atoms with Gasteiger partial charge in [-0.15, -0.1) is 0 Å². The molecule has 0 aliphatic heterocycles. The van der Waals surface area contributed by atoms with Gasteiger partial charge in [-0.1, -0.05) is 36.0 Å². The molecule has 2 rings (SSSR count). The second-order valence-electron chi connectivity index (χ2n) is 3.46. The summed E-state index contributed by atoms with van der Waals surface area (Å²) in [7, 11) is 0. The minimum Gasteiger partial charge on any atom is -0.326 e. The SMILES string of the molecule is NCc1cccc(F)c1Sc1ccccc1Br. The van der Waals surface area contributed by atoms with Gasteiger partial charge in [0.2, 0.25) is 0 Å². The maximum atomic E-state index is 13.8. The molecule has 0 atom stereocenters. The lowest BCUT2D eigenvalue weighted by Gasteiger charge is -2.09. The third kappa shape index (κ3) is 2.89. The molecular weight excluding hydrogens is 301 g/mol. The predicted octanol–water partition coefficient (Wildman–Crippen LogP) is 4.20. The van der Waals surface area contributed by atoms with Crippen molar-refractivity contribution in [3.8, 4) is 0 Å². The molecule has 0 spiro atoms. The zero-order valence-corrected chi connectivity index (χ0v) is 11.4. The lowest BCUT2D eigenvalue weighted by Crippen LogP contribution is -1.99. The van der Waals surface area contributed by atoms with Crippen molar-refractivity contribution in [3.05, 3.63) is 58.3 Å². The molecule has 0 aliphatic rings. The van der Waals surface area contributed by atoms with Gasteiger partial charge in [-0.05, 0) is 39.7 Å². The molecule has 0 heterocycles. The molecule has 0 amide bonds. The van der Waals surface area contributed by atoms with Crippen LogP contribution in [0.15, 0.2) is 56.7 Å². The Balaban J connectivity index is 2.39. The topological polar surface area (TPSA) is 26.0 Å². The van der Waals surface area contributed by atoms with Crippen LogP contribution in [0.4, 0.5) is 4.39 Å². The van der Waals surface area contributed by atoms with Gasteiger partial charge in [0.1, 0.15) is 5.82 Å². The van der Waals surface area contributed by atoms with E-state index in [1.54, 1.807) is 6.07 Å². The number of hydrogen-bond acceptors (Lipinski definition) is 2. The summed E-state index contributed by atoms with van der Waals surface area (Å²) in [4.78, 5) is 1.58. The average molecular weight is 312 g/mol. The van der Waals surface area contributed by atoms with Gasteiger partial charge in [-0.3, -0.25) is 0 Å². The van der Waals surface area contributed by atoms with Gasteiger partial charge in [0, 0.05) is 15.9 Å². The summed E-state index contributed by atoms with van der Waals surface area (Å²) in [6.45, 7) is 0.338. The van der Waals surface area contributed by atoms with Crippen LogP contribution in [0, 0.1) is 5.82 Å². The summed E-state index contributed by atoms with van der Waals surface area (Å²) < 4.78 is 14.7. The Morgan fingerprint density at radius 2 is 1.88 bits per heavy atom. The van der Waals surface area contributed by atoms with Gasteiger partial charge in [0.05, 0.1) is 4.90 Å². The first-order valence-electron chi connectivity index (χ1n) is 5.12. The largest absolute Gasteiger partial charge is 0.326 e. The van der Waals surface area contributed by atoms with Crippen molar-refractivity contribution in [2.75, 3.05) is 0 Å². The molecular formula is C13H11BrFNS. The van der Waals surface area contributed by atoms with Crippen molar-refractivity contribution < 1.29 is 4.39 Å². The molecule has 0 unspecified atom stereocenters. The van der Waals surface area contributed by atoms with E-state index in [1.807, 2.05) is 30.3 Å². The molecule has 17 heavy (non-hydrogen) atoms. The van der Waals surface area contributed by atoms with Crippen LogP contribution >= 0.6 is 27.7 Å². The maximum Gasteiger partial charge on any atom is 0.137 e. The van der Waals surface area contributed by atoms with E-state index in [0.29, 0.717) is 11.4 Å². The second-order valence-corrected chi connectivity index (χ2v) is 5.37. The van der Waals surface area contributed by atoms with E-state index in [1.165, 1.54) is 17.8 Å². The molecule has 2 aromatic rings. The highest BCUT2D eigenvalue weighted by Gasteiger charge is 2.10. The zero-order valence-electron chi connectivity index (χ0n) is 8.99. The van der Waals surface area contributed by atoms with Crippen molar-refractivity contribution >= 4 is 27.7 Å². The van der Waals surface area contributed by atoms with Crippen LogP contribution in [0.3, 0.4) is 0 Å². The summed E-state index contributed by atoms with van der Waals surface area (Å²) in [5.41, 5.74) is 6.44. The number of hydrogen-bond donors (Lipinski definition) is 1. The first kappa shape index (κ1) is 12.6. The summed E-state index contributed by atoms with van der Waals surface area (Å²) in [5, 5.41) is 0. The molecule has 2 aromatic carbocycles. The quantitative estimate of drug-likeness (QED) is 0.919. The lowest BCUT2D eigenvalue weighted by molar-refractivity contribution is 0.597. The van der Waals surface area contributed by atoms with Crippen LogP contribution in [-0.4, -0.2) is 0 Å². The predicted molar refractivity (Wildman–Crippen MR) is 72.6 cm³/mol. The molecule has 0 aromatic heterocycles. The van der Waals surface area contributed by atoms with E-state index in [-0.39, 0.29) is 5.82 Å². The van der Waals surface area contributed by atoms with E-state index in [0.717, 1.165) is 14.9 Å². The van der Waals surface area contributed by atoms with Gasteiger partial charge in [-0.2, -0.15) is 0 Å². The summed E-state index contributed by atoms with van der Waals surface area (Å²) in [6, 6.07) is 12.7. The van der Waals surface area contributed by atoms with Crippen LogP contribution < -0.4 is 5.73 Å². The van der Waals surface area contributed by atoms with E-state index < -0.39 is 0 Å². The molecule has 0 saturated carbocycles. The van der Waals surface area contributed by atoms with E-state index in [9.17, 15) is 4.39 Å². The second kappa shape index (κ2) is 5.67. The Hall–Kier alpha value is -0.840. The maximum absolute atomic E-state index is 13.8. The van der Waals surface area contributed by atoms with Crippen LogP contribution in [0.5, 0.6) is 0 Å². The number of benzene rings is 2. The standard InChI is InChI=1S/C13H11BrFNS/c14-10-5-1-2-7-12(10)17-13-9(8-16)4-3-6-11(13)15/h1-7H,8,16H2. The smallest absolute Gasteiger partial charge is 0.137 e. The highest BCUT2D eigenvalue weighted by Crippen LogP contribution is 2.36. The molecule has 0 bridgehead atoms. The summed E-state index contributed by atoms with van der Waals surface area (Å²) >= 11 is 4.84. The fourth-order valence-electron chi connectivity index (χ4n) is 1.47. The molecule has 0 saturated heterocycles. The Kier molecular flexibility index (Phi) is 4.20. The number of halogens is 2. The Bertz CT molecular complexity index is 531. The van der Waals surface area contributed by atoms with Crippen LogP contribution in [-0.2, 0) is 6.54 Å². The molecule has 0 radical (unpaired) electrons. The van der Waals surface area contributed by atoms with Crippen LogP contribution in [0.2, 0.25) is 0 Å². The highest BCUT2D eigenvalue weighted by molar-refractivity contribution is 9.10. The van der Waals surface area contributed by atoms with Gasteiger partial charge in [-0.25, -0.2) is 4.39 Å². The van der Waals surface area contributed by atoms with Crippen molar-refractivity contribution in [2.24, 2.45) is 5.73 Å². The minimum absolute atomic E-state index is 0.228. The summed E-state index contributed by atoms with van der Waals surface area (Å²) in [6.07, 6.45) is 0. The van der Waals surface area contributed by atoms with Gasteiger partial charge < -0.3 is 5.73 Å². The lowest BCUT2D eigenvalue weighted by atomic mass is 10.2. The third-order valence-electron chi connectivity index (χ3n) is 2.32. The zero-order chi connectivity index (χ0) is 12.3.